The second kappa shape index (κ2) is 5.30. The Morgan fingerprint density at radius 2 is 1.47 bits per heavy atom. The van der Waals surface area contributed by atoms with Crippen LogP contribution in [0.4, 0.5) is 13.2 Å². The van der Waals surface area contributed by atoms with Gasteiger partial charge in [0.2, 0.25) is 0 Å². The van der Waals surface area contributed by atoms with E-state index >= 15 is 0 Å². The predicted molar refractivity (Wildman–Crippen MR) is 64.6 cm³/mol. The molecule has 0 saturated heterocycles. The zero-order valence-electron chi connectivity index (χ0n) is 10.1. The summed E-state index contributed by atoms with van der Waals surface area (Å²) in [4.78, 5) is 0. The van der Waals surface area contributed by atoms with Gasteiger partial charge in [0, 0.05) is 0 Å². The number of hydrogen-bond donors (Lipinski definition) is 0. The Hall–Kier alpha value is -0.700. The van der Waals surface area contributed by atoms with Gasteiger partial charge in [-0.1, -0.05) is 45.0 Å². The summed E-state index contributed by atoms with van der Waals surface area (Å²) in [5.74, 6) is 0. The lowest BCUT2D eigenvalue weighted by molar-refractivity contribution is 0.0476. The molecular weight excluding hydrogens is 249 g/mol. The number of halogens is 4. The van der Waals surface area contributed by atoms with Crippen LogP contribution in [0.2, 0.25) is 0 Å². The number of hydrogen-bond acceptors (Lipinski definition) is 0. The first-order chi connectivity index (χ1) is 7.73. The minimum absolute atomic E-state index is 0.0296. The van der Waals surface area contributed by atoms with Crippen LogP contribution in [-0.2, 0) is 5.41 Å². The maximum Gasteiger partial charge on any atom is 0.271 e. The number of benzene rings is 1. The monoisotopic (exact) mass is 264 g/mol. The summed E-state index contributed by atoms with van der Waals surface area (Å²) < 4.78 is 37.4. The Morgan fingerprint density at radius 3 is 1.82 bits per heavy atom. The van der Waals surface area contributed by atoms with Gasteiger partial charge >= 0.3 is 0 Å². The summed E-state index contributed by atoms with van der Waals surface area (Å²) in [6, 6.07) is 6.80. The van der Waals surface area contributed by atoms with Gasteiger partial charge in [-0.2, -0.15) is 0 Å². The molecule has 0 aliphatic heterocycles. The first-order valence-electron chi connectivity index (χ1n) is 5.40. The molecule has 0 fully saturated rings. The van der Waals surface area contributed by atoms with Crippen LogP contribution < -0.4 is 0 Å². The van der Waals surface area contributed by atoms with Crippen molar-refractivity contribution in [2.75, 3.05) is 0 Å². The molecule has 0 bridgehead atoms. The van der Waals surface area contributed by atoms with Crippen molar-refractivity contribution >= 4 is 11.6 Å². The maximum atomic E-state index is 13.1. The van der Waals surface area contributed by atoms with Crippen LogP contribution >= 0.6 is 11.6 Å². The van der Waals surface area contributed by atoms with Gasteiger partial charge in [-0.3, -0.25) is 0 Å². The van der Waals surface area contributed by atoms with Gasteiger partial charge in [0.05, 0.1) is 5.38 Å². The molecule has 2 unspecified atom stereocenters. The molecule has 0 amide bonds. The third kappa shape index (κ3) is 3.63. The summed E-state index contributed by atoms with van der Waals surface area (Å²) >= 11 is 5.66. The molecule has 1 aromatic rings. The van der Waals surface area contributed by atoms with Gasteiger partial charge in [-0.25, -0.2) is 13.2 Å². The lowest BCUT2D eigenvalue weighted by atomic mass is 9.86. The van der Waals surface area contributed by atoms with E-state index in [0.717, 1.165) is 5.56 Å². The van der Waals surface area contributed by atoms with Crippen molar-refractivity contribution in [1.82, 2.24) is 0 Å². The molecule has 0 N–H and O–H groups in total. The summed E-state index contributed by atoms with van der Waals surface area (Å²) in [5.41, 5.74) is 1.41. The SMILES string of the molecule is CC(C)(C)c1ccc(C(Cl)C(F)C(F)F)cc1. The molecular formula is C13H16ClF3. The van der Waals surface area contributed by atoms with Gasteiger partial charge < -0.3 is 0 Å². The van der Waals surface area contributed by atoms with E-state index in [1.165, 1.54) is 0 Å². The largest absolute Gasteiger partial charge is 0.271 e. The average Bonchev–Trinajstić information content (AvgIpc) is 2.26. The highest BCUT2D eigenvalue weighted by Gasteiger charge is 2.29. The highest BCUT2D eigenvalue weighted by molar-refractivity contribution is 6.21. The van der Waals surface area contributed by atoms with Gasteiger partial charge in [-0.15, -0.1) is 11.6 Å². The van der Waals surface area contributed by atoms with Crippen molar-refractivity contribution in [3.8, 4) is 0 Å². The molecule has 1 aromatic carbocycles. The molecule has 0 aliphatic carbocycles. The Morgan fingerprint density at radius 1 is 1.00 bits per heavy atom. The number of rotatable bonds is 3. The summed E-state index contributed by atoms with van der Waals surface area (Å²) in [6.45, 7) is 6.12. The average molecular weight is 265 g/mol. The van der Waals surface area contributed by atoms with E-state index in [4.69, 9.17) is 11.6 Å². The van der Waals surface area contributed by atoms with Gasteiger partial charge in [0.1, 0.15) is 0 Å². The van der Waals surface area contributed by atoms with Crippen molar-refractivity contribution < 1.29 is 13.2 Å². The quantitative estimate of drug-likeness (QED) is 0.684. The van der Waals surface area contributed by atoms with Crippen LogP contribution in [0.5, 0.6) is 0 Å². The van der Waals surface area contributed by atoms with E-state index in [1.54, 1.807) is 24.3 Å². The van der Waals surface area contributed by atoms with Crippen LogP contribution in [0, 0.1) is 0 Å². The first-order valence-corrected chi connectivity index (χ1v) is 5.84. The van der Waals surface area contributed by atoms with E-state index in [0.29, 0.717) is 5.56 Å². The van der Waals surface area contributed by atoms with Crippen molar-refractivity contribution in [2.24, 2.45) is 0 Å². The van der Waals surface area contributed by atoms with Crippen LogP contribution in [0.15, 0.2) is 24.3 Å². The van der Waals surface area contributed by atoms with E-state index < -0.39 is 18.0 Å². The fourth-order valence-electron chi connectivity index (χ4n) is 1.48. The zero-order valence-corrected chi connectivity index (χ0v) is 10.8. The maximum absolute atomic E-state index is 13.1. The van der Waals surface area contributed by atoms with Crippen LogP contribution in [0.1, 0.15) is 37.3 Å². The minimum Gasteiger partial charge on any atom is -0.239 e. The first kappa shape index (κ1) is 14.4. The van der Waals surface area contributed by atoms with Gasteiger partial charge in [-0.05, 0) is 16.5 Å². The molecule has 17 heavy (non-hydrogen) atoms. The molecule has 0 radical (unpaired) electrons. The molecule has 0 aliphatic rings. The minimum atomic E-state index is -3.06. The molecule has 0 nitrogen and oxygen atoms in total. The topological polar surface area (TPSA) is 0 Å². The van der Waals surface area contributed by atoms with Gasteiger partial charge in [0.15, 0.2) is 6.17 Å². The Balaban J connectivity index is 2.88. The molecule has 2 atom stereocenters. The Kier molecular flexibility index (Phi) is 4.48. The molecule has 0 spiro atoms. The van der Waals surface area contributed by atoms with Gasteiger partial charge in [0.25, 0.3) is 6.43 Å². The third-order valence-corrected chi connectivity index (χ3v) is 3.11. The van der Waals surface area contributed by atoms with E-state index in [1.807, 2.05) is 20.8 Å². The molecule has 4 heteroatoms. The normalized spacial score (nSPS) is 16.0. The van der Waals surface area contributed by atoms with Crippen LogP contribution in [-0.4, -0.2) is 12.6 Å². The standard InChI is InChI=1S/C13H16ClF3/c1-13(2,3)9-6-4-8(5-7-9)10(14)11(15)12(16)17/h4-7,10-12H,1-3H3. The van der Waals surface area contributed by atoms with Crippen molar-refractivity contribution in [2.45, 2.75) is 44.2 Å². The molecule has 1 rings (SSSR count). The lowest BCUT2D eigenvalue weighted by Crippen LogP contribution is -2.18. The van der Waals surface area contributed by atoms with Crippen molar-refractivity contribution in [3.63, 3.8) is 0 Å². The summed E-state index contributed by atoms with van der Waals surface area (Å²) in [6.07, 6.45) is -5.39. The fraction of sp³-hybridized carbons (Fsp3) is 0.538. The smallest absolute Gasteiger partial charge is 0.239 e. The highest BCUT2D eigenvalue weighted by Crippen LogP contribution is 2.31. The molecule has 0 aromatic heterocycles. The molecule has 0 saturated carbocycles. The predicted octanol–water partition coefficient (Wildman–Crippen LogP) is 4.87. The lowest BCUT2D eigenvalue weighted by Gasteiger charge is -2.20. The summed E-state index contributed by atoms with van der Waals surface area (Å²) in [5, 5.41) is -1.30. The van der Waals surface area contributed by atoms with E-state index in [-0.39, 0.29) is 5.41 Å². The van der Waals surface area contributed by atoms with Crippen molar-refractivity contribution in [3.05, 3.63) is 35.4 Å². The van der Waals surface area contributed by atoms with Crippen molar-refractivity contribution in [1.29, 1.82) is 0 Å². The second-order valence-electron chi connectivity index (χ2n) is 5.05. The summed E-state index contributed by atoms with van der Waals surface area (Å²) in [7, 11) is 0. The van der Waals surface area contributed by atoms with E-state index in [9.17, 15) is 13.2 Å². The molecule has 0 heterocycles. The zero-order chi connectivity index (χ0) is 13.2. The fourth-order valence-corrected chi connectivity index (χ4v) is 1.73. The third-order valence-electron chi connectivity index (χ3n) is 2.62. The number of alkyl halides is 4. The van der Waals surface area contributed by atoms with E-state index in [2.05, 4.69) is 0 Å². The Bertz CT molecular complexity index is 354. The van der Waals surface area contributed by atoms with Crippen LogP contribution in [0.25, 0.3) is 0 Å². The molecule has 96 valence electrons. The second-order valence-corrected chi connectivity index (χ2v) is 5.52. The Labute approximate surface area is 105 Å². The highest BCUT2D eigenvalue weighted by atomic mass is 35.5. The van der Waals surface area contributed by atoms with Crippen LogP contribution in [0.3, 0.4) is 0 Å².